The molecular weight excluding hydrogens is 248 g/mol. The van der Waals surface area contributed by atoms with Gasteiger partial charge < -0.3 is 10.1 Å². The Morgan fingerprint density at radius 2 is 1.95 bits per heavy atom. The van der Waals surface area contributed by atoms with E-state index in [4.69, 9.17) is 4.74 Å². The summed E-state index contributed by atoms with van der Waals surface area (Å²) in [6, 6.07) is 10.5. The minimum atomic E-state index is 0.198. The predicted octanol–water partition coefficient (Wildman–Crippen LogP) is 3.49. The molecule has 1 aromatic heterocycles. The van der Waals surface area contributed by atoms with Crippen molar-refractivity contribution in [2.45, 2.75) is 26.3 Å². The summed E-state index contributed by atoms with van der Waals surface area (Å²) in [5, 5.41) is 3.61. The predicted molar refractivity (Wildman–Crippen MR) is 82.1 cm³/mol. The fourth-order valence-electron chi connectivity index (χ4n) is 2.30. The number of nitrogens with one attached hydrogen (secondary N) is 1. The molecule has 20 heavy (non-hydrogen) atoms. The number of methoxy groups -OCH3 is 1. The van der Waals surface area contributed by atoms with Gasteiger partial charge in [-0.05, 0) is 54.8 Å². The van der Waals surface area contributed by atoms with E-state index in [0.717, 1.165) is 18.7 Å². The lowest BCUT2D eigenvalue weighted by Gasteiger charge is -2.21. The molecular formula is C17H22N2O. The standard InChI is InChI=1S/C17H22N2O/c1-4-10-19-17(16-9-11-18-12-13(16)2)14-5-7-15(20-3)8-6-14/h5-9,11-12,17,19H,4,10H2,1-3H3. The van der Waals surface area contributed by atoms with Crippen molar-refractivity contribution in [1.82, 2.24) is 10.3 Å². The number of hydrogen-bond acceptors (Lipinski definition) is 3. The van der Waals surface area contributed by atoms with Crippen LogP contribution in [0.5, 0.6) is 5.75 Å². The van der Waals surface area contributed by atoms with Crippen molar-refractivity contribution < 1.29 is 4.74 Å². The first-order valence-electron chi connectivity index (χ1n) is 7.04. The first-order valence-corrected chi connectivity index (χ1v) is 7.04. The number of aryl methyl sites for hydroxylation is 1. The highest BCUT2D eigenvalue weighted by Gasteiger charge is 2.15. The second-order valence-corrected chi connectivity index (χ2v) is 4.89. The molecule has 0 saturated carbocycles. The average molecular weight is 270 g/mol. The molecule has 0 aliphatic heterocycles. The van der Waals surface area contributed by atoms with Crippen LogP contribution in [-0.4, -0.2) is 18.6 Å². The van der Waals surface area contributed by atoms with Crippen molar-refractivity contribution in [3.63, 3.8) is 0 Å². The van der Waals surface area contributed by atoms with Gasteiger partial charge >= 0.3 is 0 Å². The molecule has 0 bridgehead atoms. The molecule has 1 aromatic carbocycles. The maximum absolute atomic E-state index is 5.23. The Kier molecular flexibility index (Phi) is 5.13. The Morgan fingerprint density at radius 1 is 1.20 bits per heavy atom. The van der Waals surface area contributed by atoms with E-state index < -0.39 is 0 Å². The summed E-state index contributed by atoms with van der Waals surface area (Å²) in [4.78, 5) is 4.18. The molecule has 2 aromatic rings. The Morgan fingerprint density at radius 3 is 2.55 bits per heavy atom. The van der Waals surface area contributed by atoms with Crippen LogP contribution in [-0.2, 0) is 0 Å². The van der Waals surface area contributed by atoms with Crippen LogP contribution in [0.25, 0.3) is 0 Å². The van der Waals surface area contributed by atoms with Gasteiger partial charge in [0.25, 0.3) is 0 Å². The van der Waals surface area contributed by atoms with E-state index in [1.54, 1.807) is 7.11 Å². The van der Waals surface area contributed by atoms with Gasteiger partial charge in [0.1, 0.15) is 5.75 Å². The lowest BCUT2D eigenvalue weighted by Crippen LogP contribution is -2.24. The van der Waals surface area contributed by atoms with Crippen molar-refractivity contribution in [2.24, 2.45) is 0 Å². The van der Waals surface area contributed by atoms with Gasteiger partial charge in [0.2, 0.25) is 0 Å². The van der Waals surface area contributed by atoms with Gasteiger partial charge in [-0.2, -0.15) is 0 Å². The summed E-state index contributed by atoms with van der Waals surface area (Å²) < 4.78 is 5.23. The second-order valence-electron chi connectivity index (χ2n) is 4.89. The molecule has 3 heteroatoms. The minimum Gasteiger partial charge on any atom is -0.497 e. The van der Waals surface area contributed by atoms with Crippen LogP contribution in [0.3, 0.4) is 0 Å². The molecule has 1 heterocycles. The quantitative estimate of drug-likeness (QED) is 0.872. The van der Waals surface area contributed by atoms with E-state index in [1.807, 2.05) is 24.5 Å². The van der Waals surface area contributed by atoms with Crippen molar-refractivity contribution >= 4 is 0 Å². The summed E-state index contributed by atoms with van der Waals surface area (Å²) in [6.45, 7) is 5.27. The fourth-order valence-corrected chi connectivity index (χ4v) is 2.30. The SMILES string of the molecule is CCCNC(c1ccc(OC)cc1)c1ccncc1C. The topological polar surface area (TPSA) is 34.1 Å². The maximum Gasteiger partial charge on any atom is 0.118 e. The lowest BCUT2D eigenvalue weighted by atomic mass is 9.96. The number of benzene rings is 1. The Balaban J connectivity index is 2.33. The number of aromatic nitrogens is 1. The fraction of sp³-hybridized carbons (Fsp3) is 0.353. The summed E-state index contributed by atoms with van der Waals surface area (Å²) in [6.07, 6.45) is 4.88. The van der Waals surface area contributed by atoms with Crippen LogP contribution in [0, 0.1) is 6.92 Å². The maximum atomic E-state index is 5.23. The Bertz CT molecular complexity index is 537. The smallest absolute Gasteiger partial charge is 0.118 e. The molecule has 106 valence electrons. The third-order valence-electron chi connectivity index (χ3n) is 3.42. The van der Waals surface area contributed by atoms with Crippen LogP contribution in [0.15, 0.2) is 42.7 Å². The van der Waals surface area contributed by atoms with Crippen LogP contribution < -0.4 is 10.1 Å². The molecule has 1 N–H and O–H groups in total. The number of hydrogen-bond donors (Lipinski definition) is 1. The zero-order valence-corrected chi connectivity index (χ0v) is 12.4. The van der Waals surface area contributed by atoms with Gasteiger partial charge in [0, 0.05) is 12.4 Å². The number of rotatable bonds is 6. The van der Waals surface area contributed by atoms with Gasteiger partial charge in [-0.3, -0.25) is 4.98 Å². The molecule has 0 spiro atoms. The second kappa shape index (κ2) is 7.06. The number of pyridine rings is 1. The van der Waals surface area contributed by atoms with Crippen LogP contribution in [0.1, 0.15) is 36.1 Å². The lowest BCUT2D eigenvalue weighted by molar-refractivity contribution is 0.414. The Hall–Kier alpha value is -1.87. The Labute approximate surface area is 121 Å². The third-order valence-corrected chi connectivity index (χ3v) is 3.42. The molecule has 1 atom stereocenters. The van der Waals surface area contributed by atoms with Gasteiger partial charge in [-0.25, -0.2) is 0 Å². The van der Waals surface area contributed by atoms with E-state index >= 15 is 0 Å². The van der Waals surface area contributed by atoms with E-state index in [-0.39, 0.29) is 6.04 Å². The van der Waals surface area contributed by atoms with Gasteiger partial charge in [-0.15, -0.1) is 0 Å². The number of nitrogens with zero attached hydrogens (tertiary/aromatic N) is 1. The monoisotopic (exact) mass is 270 g/mol. The molecule has 0 fully saturated rings. The van der Waals surface area contributed by atoms with Crippen molar-refractivity contribution in [3.05, 3.63) is 59.4 Å². The minimum absolute atomic E-state index is 0.198. The molecule has 0 saturated heterocycles. The van der Waals surface area contributed by atoms with Crippen LogP contribution in [0.4, 0.5) is 0 Å². The average Bonchev–Trinajstić information content (AvgIpc) is 2.50. The molecule has 1 unspecified atom stereocenters. The summed E-state index contributed by atoms with van der Waals surface area (Å²) in [7, 11) is 1.69. The first kappa shape index (κ1) is 14.5. The summed E-state index contributed by atoms with van der Waals surface area (Å²) in [5.74, 6) is 0.884. The van der Waals surface area contributed by atoms with Gasteiger partial charge in [-0.1, -0.05) is 19.1 Å². The highest BCUT2D eigenvalue weighted by molar-refractivity contribution is 5.37. The zero-order valence-electron chi connectivity index (χ0n) is 12.4. The van der Waals surface area contributed by atoms with Crippen molar-refractivity contribution in [2.75, 3.05) is 13.7 Å². The molecule has 0 aliphatic rings. The molecule has 0 radical (unpaired) electrons. The van der Waals surface area contributed by atoms with Crippen molar-refractivity contribution in [3.8, 4) is 5.75 Å². The zero-order chi connectivity index (χ0) is 14.4. The largest absolute Gasteiger partial charge is 0.497 e. The van der Waals surface area contributed by atoms with E-state index in [0.29, 0.717) is 0 Å². The number of ether oxygens (including phenoxy) is 1. The van der Waals surface area contributed by atoms with E-state index in [1.165, 1.54) is 16.7 Å². The molecule has 0 aliphatic carbocycles. The molecule has 3 nitrogen and oxygen atoms in total. The van der Waals surface area contributed by atoms with Crippen molar-refractivity contribution in [1.29, 1.82) is 0 Å². The third kappa shape index (κ3) is 3.36. The highest BCUT2D eigenvalue weighted by atomic mass is 16.5. The first-order chi connectivity index (χ1) is 9.76. The van der Waals surface area contributed by atoms with Crippen LogP contribution >= 0.6 is 0 Å². The van der Waals surface area contributed by atoms with Gasteiger partial charge in [0.15, 0.2) is 0 Å². The van der Waals surface area contributed by atoms with E-state index in [2.05, 4.69) is 42.3 Å². The molecule has 0 amide bonds. The summed E-state index contributed by atoms with van der Waals surface area (Å²) in [5.41, 5.74) is 3.73. The normalized spacial score (nSPS) is 12.2. The summed E-state index contributed by atoms with van der Waals surface area (Å²) >= 11 is 0. The molecule has 2 rings (SSSR count). The highest BCUT2D eigenvalue weighted by Crippen LogP contribution is 2.26. The van der Waals surface area contributed by atoms with Gasteiger partial charge in [0.05, 0.1) is 13.2 Å². The van der Waals surface area contributed by atoms with Crippen LogP contribution in [0.2, 0.25) is 0 Å². The van der Waals surface area contributed by atoms with E-state index in [9.17, 15) is 0 Å².